The first-order valence-electron chi connectivity index (χ1n) is 9.34. The van der Waals surface area contributed by atoms with Crippen LogP contribution in [-0.2, 0) is 19.9 Å². The SMILES string of the molecule is C=C(C)CSc1nnc2n(C)c(=O)c3c4c(sc3n12)CC(C(C)(C)C)CC4. The van der Waals surface area contributed by atoms with E-state index < -0.39 is 0 Å². The van der Waals surface area contributed by atoms with E-state index in [0.717, 1.165) is 46.0 Å². The van der Waals surface area contributed by atoms with Crippen molar-refractivity contribution in [1.82, 2.24) is 19.2 Å². The predicted molar refractivity (Wildman–Crippen MR) is 114 cm³/mol. The van der Waals surface area contributed by atoms with Gasteiger partial charge in [0.2, 0.25) is 5.78 Å². The van der Waals surface area contributed by atoms with Crippen LogP contribution >= 0.6 is 23.1 Å². The van der Waals surface area contributed by atoms with Gasteiger partial charge >= 0.3 is 0 Å². The molecule has 4 rings (SSSR count). The van der Waals surface area contributed by atoms with Gasteiger partial charge in [0.1, 0.15) is 4.83 Å². The predicted octanol–water partition coefficient (Wildman–Crippen LogP) is 4.46. The lowest BCUT2D eigenvalue weighted by Gasteiger charge is -2.33. The van der Waals surface area contributed by atoms with E-state index in [1.165, 1.54) is 10.4 Å². The topological polar surface area (TPSA) is 52.2 Å². The highest BCUT2D eigenvalue weighted by molar-refractivity contribution is 7.99. The zero-order valence-electron chi connectivity index (χ0n) is 16.6. The minimum atomic E-state index is 0.0491. The molecule has 7 heteroatoms. The molecule has 3 heterocycles. The molecule has 0 aliphatic heterocycles. The maximum absolute atomic E-state index is 13.1. The lowest BCUT2D eigenvalue weighted by atomic mass is 9.72. The van der Waals surface area contributed by atoms with Gasteiger partial charge in [-0.25, -0.2) is 4.40 Å². The van der Waals surface area contributed by atoms with Gasteiger partial charge in [-0.05, 0) is 43.1 Å². The van der Waals surface area contributed by atoms with Crippen LogP contribution in [0.2, 0.25) is 0 Å². The molecule has 1 unspecified atom stereocenters. The normalized spacial score (nSPS) is 17.6. The van der Waals surface area contributed by atoms with Gasteiger partial charge in [-0.15, -0.1) is 21.5 Å². The fraction of sp³-hybridized carbons (Fsp3) is 0.550. The van der Waals surface area contributed by atoms with E-state index in [9.17, 15) is 4.79 Å². The number of aryl methyl sites for hydroxylation is 2. The Balaban J connectivity index is 1.94. The Labute approximate surface area is 167 Å². The third-order valence-electron chi connectivity index (χ3n) is 5.56. The second-order valence-electron chi connectivity index (χ2n) is 8.72. The van der Waals surface area contributed by atoms with Crippen LogP contribution in [0.25, 0.3) is 16.0 Å². The molecule has 3 aromatic rings. The Morgan fingerprint density at radius 3 is 2.78 bits per heavy atom. The summed E-state index contributed by atoms with van der Waals surface area (Å²) >= 11 is 3.38. The number of thiophene rings is 1. The molecular formula is C20H26N4OS2. The fourth-order valence-electron chi connectivity index (χ4n) is 3.89. The molecule has 3 aromatic heterocycles. The van der Waals surface area contributed by atoms with E-state index in [0.29, 0.717) is 11.7 Å². The Morgan fingerprint density at radius 2 is 2.11 bits per heavy atom. The molecule has 0 amide bonds. The number of nitrogens with zero attached hydrogens (tertiary/aromatic N) is 4. The number of fused-ring (bicyclic) bond motifs is 5. The highest BCUT2D eigenvalue weighted by atomic mass is 32.2. The number of aromatic nitrogens is 4. The van der Waals surface area contributed by atoms with E-state index in [2.05, 4.69) is 41.9 Å². The average Bonchev–Trinajstić information content (AvgIpc) is 3.17. The number of thioether (sulfide) groups is 1. The highest BCUT2D eigenvalue weighted by Crippen LogP contribution is 2.43. The second kappa shape index (κ2) is 6.48. The molecule has 0 N–H and O–H groups in total. The van der Waals surface area contributed by atoms with Crippen molar-refractivity contribution in [2.24, 2.45) is 18.4 Å². The summed E-state index contributed by atoms with van der Waals surface area (Å²) in [6.07, 6.45) is 3.18. The first kappa shape index (κ1) is 18.7. The van der Waals surface area contributed by atoms with Crippen LogP contribution in [0.1, 0.15) is 44.6 Å². The quantitative estimate of drug-likeness (QED) is 0.479. The number of hydrogen-bond acceptors (Lipinski definition) is 5. The first-order valence-corrected chi connectivity index (χ1v) is 11.1. The summed E-state index contributed by atoms with van der Waals surface area (Å²) in [5.74, 6) is 2.06. The molecule has 1 aliphatic rings. The standard InChI is InChI=1S/C20H26N4OS2/c1-11(2)10-26-19-22-21-18-23(6)16(25)15-13-8-7-12(20(3,4)5)9-14(13)27-17(15)24(18)19/h12H,1,7-10H2,2-6H3. The van der Waals surface area contributed by atoms with Crippen molar-refractivity contribution >= 4 is 39.1 Å². The van der Waals surface area contributed by atoms with Crippen LogP contribution in [0.15, 0.2) is 22.1 Å². The molecule has 0 spiro atoms. The molecule has 0 fully saturated rings. The van der Waals surface area contributed by atoms with E-state index in [1.54, 1.807) is 34.7 Å². The van der Waals surface area contributed by atoms with Crippen molar-refractivity contribution in [3.05, 3.63) is 32.9 Å². The van der Waals surface area contributed by atoms with Gasteiger partial charge in [-0.2, -0.15) is 0 Å². The van der Waals surface area contributed by atoms with Gasteiger partial charge in [0, 0.05) is 17.7 Å². The van der Waals surface area contributed by atoms with Crippen LogP contribution < -0.4 is 5.56 Å². The van der Waals surface area contributed by atoms with Crippen LogP contribution in [0.5, 0.6) is 0 Å². The summed E-state index contributed by atoms with van der Waals surface area (Å²) in [7, 11) is 1.80. The van der Waals surface area contributed by atoms with Crippen molar-refractivity contribution in [3.63, 3.8) is 0 Å². The Hall–Kier alpha value is -1.60. The van der Waals surface area contributed by atoms with E-state index in [4.69, 9.17) is 0 Å². The molecular weight excluding hydrogens is 376 g/mol. The van der Waals surface area contributed by atoms with Crippen LogP contribution in [0.4, 0.5) is 0 Å². The third kappa shape index (κ3) is 3.05. The Kier molecular flexibility index (Phi) is 4.50. The summed E-state index contributed by atoms with van der Waals surface area (Å²) < 4.78 is 3.71. The summed E-state index contributed by atoms with van der Waals surface area (Å²) in [6, 6.07) is 0. The minimum Gasteiger partial charge on any atom is -0.279 e. The van der Waals surface area contributed by atoms with Gasteiger partial charge in [0.25, 0.3) is 5.56 Å². The largest absolute Gasteiger partial charge is 0.279 e. The average molecular weight is 403 g/mol. The molecule has 0 bridgehead atoms. The maximum Gasteiger partial charge on any atom is 0.263 e. The summed E-state index contributed by atoms with van der Waals surface area (Å²) in [6.45, 7) is 13.0. The molecule has 1 aliphatic carbocycles. The van der Waals surface area contributed by atoms with Crippen molar-refractivity contribution in [2.75, 3.05) is 5.75 Å². The molecule has 1 atom stereocenters. The molecule has 0 radical (unpaired) electrons. The smallest absolute Gasteiger partial charge is 0.263 e. The summed E-state index contributed by atoms with van der Waals surface area (Å²) in [5.41, 5.74) is 2.68. The van der Waals surface area contributed by atoms with Crippen LogP contribution in [-0.4, -0.2) is 24.9 Å². The molecule has 144 valence electrons. The van der Waals surface area contributed by atoms with Gasteiger partial charge < -0.3 is 0 Å². The van der Waals surface area contributed by atoms with Crippen molar-refractivity contribution in [2.45, 2.75) is 52.1 Å². The number of rotatable bonds is 3. The van der Waals surface area contributed by atoms with E-state index in [-0.39, 0.29) is 11.0 Å². The molecule has 5 nitrogen and oxygen atoms in total. The fourth-order valence-corrected chi connectivity index (χ4v) is 6.14. The van der Waals surface area contributed by atoms with Crippen molar-refractivity contribution in [1.29, 1.82) is 0 Å². The van der Waals surface area contributed by atoms with E-state index in [1.807, 2.05) is 6.92 Å². The van der Waals surface area contributed by atoms with Crippen LogP contribution in [0, 0.1) is 11.3 Å². The second-order valence-corrected chi connectivity index (χ2v) is 10.7. The maximum atomic E-state index is 13.1. The highest BCUT2D eigenvalue weighted by Gasteiger charge is 2.32. The van der Waals surface area contributed by atoms with Gasteiger partial charge in [-0.1, -0.05) is 44.7 Å². The molecule has 0 saturated heterocycles. The zero-order valence-corrected chi connectivity index (χ0v) is 18.3. The first-order chi connectivity index (χ1) is 12.7. The van der Waals surface area contributed by atoms with Gasteiger partial charge in [0.15, 0.2) is 5.16 Å². The van der Waals surface area contributed by atoms with Crippen molar-refractivity contribution < 1.29 is 0 Å². The van der Waals surface area contributed by atoms with Gasteiger partial charge in [0.05, 0.1) is 5.39 Å². The lowest BCUT2D eigenvalue weighted by molar-refractivity contribution is 0.218. The molecule has 27 heavy (non-hydrogen) atoms. The third-order valence-corrected chi connectivity index (χ3v) is 7.96. The minimum absolute atomic E-state index is 0.0491. The van der Waals surface area contributed by atoms with Crippen molar-refractivity contribution in [3.8, 4) is 0 Å². The lowest BCUT2D eigenvalue weighted by Crippen LogP contribution is -2.27. The summed E-state index contributed by atoms with van der Waals surface area (Å²) in [4.78, 5) is 15.5. The summed E-state index contributed by atoms with van der Waals surface area (Å²) in [5, 5.41) is 10.4. The molecule has 0 saturated carbocycles. The Morgan fingerprint density at radius 1 is 1.37 bits per heavy atom. The zero-order chi connectivity index (χ0) is 19.5. The Bertz CT molecular complexity index is 1110. The van der Waals surface area contributed by atoms with E-state index >= 15 is 0 Å². The van der Waals surface area contributed by atoms with Gasteiger partial charge in [-0.3, -0.25) is 9.36 Å². The monoisotopic (exact) mass is 402 g/mol. The number of hydrogen-bond donors (Lipinski definition) is 0. The van der Waals surface area contributed by atoms with Crippen LogP contribution in [0.3, 0.4) is 0 Å². The molecule has 0 aromatic carbocycles.